The zero-order valence-corrected chi connectivity index (χ0v) is 10.8. The molecule has 0 bridgehead atoms. The highest BCUT2D eigenvalue weighted by atomic mass is 35.5. The van der Waals surface area contributed by atoms with Gasteiger partial charge in [0.1, 0.15) is 16.8 Å². The molecule has 2 heterocycles. The Kier molecular flexibility index (Phi) is 4.18. The maximum atomic E-state index is 9.40. The van der Waals surface area contributed by atoms with Gasteiger partial charge >= 0.3 is 0 Å². The summed E-state index contributed by atoms with van der Waals surface area (Å²) in [4.78, 5) is 10.8. The van der Waals surface area contributed by atoms with E-state index in [1.165, 1.54) is 6.42 Å². The molecule has 1 unspecified atom stereocenters. The van der Waals surface area contributed by atoms with Crippen LogP contribution in [0.5, 0.6) is 0 Å². The van der Waals surface area contributed by atoms with Crippen molar-refractivity contribution < 1.29 is 5.11 Å². The van der Waals surface area contributed by atoms with E-state index in [2.05, 4.69) is 14.9 Å². The average Bonchev–Trinajstić information content (AvgIpc) is 2.37. The lowest BCUT2D eigenvalue weighted by Gasteiger charge is -2.35. The van der Waals surface area contributed by atoms with Crippen molar-refractivity contribution in [2.24, 2.45) is 0 Å². The Bertz CT molecular complexity index is 386. The number of rotatable bonds is 3. The predicted octanol–water partition coefficient (Wildman–Crippen LogP) is 2.04. The minimum absolute atomic E-state index is 0.166. The van der Waals surface area contributed by atoms with Crippen molar-refractivity contribution in [2.45, 2.75) is 38.6 Å². The van der Waals surface area contributed by atoms with Crippen LogP contribution in [0.1, 0.15) is 32.0 Å². The first-order valence-corrected chi connectivity index (χ1v) is 6.53. The fraction of sp³-hybridized carbons (Fsp3) is 0.667. The number of hydrogen-bond acceptors (Lipinski definition) is 4. The van der Waals surface area contributed by atoms with Gasteiger partial charge in [-0.15, -0.1) is 0 Å². The summed E-state index contributed by atoms with van der Waals surface area (Å²) in [6.07, 6.45) is 4.09. The fourth-order valence-electron chi connectivity index (χ4n) is 2.25. The molecule has 1 aliphatic rings. The highest BCUT2D eigenvalue weighted by Gasteiger charge is 2.23. The third kappa shape index (κ3) is 2.87. The summed E-state index contributed by atoms with van der Waals surface area (Å²) in [7, 11) is 0. The predicted molar refractivity (Wildman–Crippen MR) is 68.5 cm³/mol. The summed E-state index contributed by atoms with van der Waals surface area (Å²) < 4.78 is 0. The zero-order valence-electron chi connectivity index (χ0n) is 10.1. The molecule has 1 atom stereocenters. The molecule has 5 heteroatoms. The van der Waals surface area contributed by atoms with Gasteiger partial charge in [-0.1, -0.05) is 18.5 Å². The summed E-state index contributed by atoms with van der Waals surface area (Å²) in [5.74, 6) is 1.61. The molecule has 1 N–H and O–H groups in total. The standard InChI is InChI=1S/C12H18ClN3O/c1-2-11-14-10(13)7-12(15-11)16-6-4-3-5-9(16)8-17/h7,9,17H,2-6,8H2,1H3. The minimum Gasteiger partial charge on any atom is -0.394 e. The Balaban J connectivity index is 2.27. The molecule has 1 fully saturated rings. The van der Waals surface area contributed by atoms with Crippen molar-refractivity contribution >= 4 is 17.4 Å². The van der Waals surface area contributed by atoms with Gasteiger partial charge < -0.3 is 10.0 Å². The number of aliphatic hydroxyl groups excluding tert-OH is 1. The molecule has 94 valence electrons. The van der Waals surface area contributed by atoms with E-state index in [0.29, 0.717) is 5.15 Å². The average molecular weight is 256 g/mol. The third-order valence-corrected chi connectivity index (χ3v) is 3.37. The topological polar surface area (TPSA) is 49.2 Å². The van der Waals surface area contributed by atoms with E-state index in [1.807, 2.05) is 6.92 Å². The second kappa shape index (κ2) is 5.65. The van der Waals surface area contributed by atoms with Crippen LogP contribution in [0.4, 0.5) is 5.82 Å². The fourth-order valence-corrected chi connectivity index (χ4v) is 2.44. The van der Waals surface area contributed by atoms with Gasteiger partial charge in [0.15, 0.2) is 0 Å². The molecule has 1 aromatic rings. The van der Waals surface area contributed by atoms with Crippen molar-refractivity contribution in [1.82, 2.24) is 9.97 Å². The summed E-state index contributed by atoms with van der Waals surface area (Å²) in [6, 6.07) is 1.95. The van der Waals surface area contributed by atoms with Gasteiger partial charge in [-0.05, 0) is 19.3 Å². The highest BCUT2D eigenvalue weighted by Crippen LogP contribution is 2.24. The van der Waals surface area contributed by atoms with Crippen LogP contribution in [0.25, 0.3) is 0 Å². The van der Waals surface area contributed by atoms with Crippen molar-refractivity contribution in [3.63, 3.8) is 0 Å². The number of piperidine rings is 1. The van der Waals surface area contributed by atoms with Crippen LogP contribution in [0.2, 0.25) is 5.15 Å². The number of anilines is 1. The number of halogens is 1. The molecule has 4 nitrogen and oxygen atoms in total. The van der Waals surface area contributed by atoms with Crippen LogP contribution in [0.3, 0.4) is 0 Å². The lowest BCUT2D eigenvalue weighted by molar-refractivity contribution is 0.239. The molecule has 1 saturated heterocycles. The summed E-state index contributed by atoms with van der Waals surface area (Å²) in [5, 5.41) is 9.88. The van der Waals surface area contributed by atoms with Crippen molar-refractivity contribution in [3.05, 3.63) is 17.0 Å². The summed E-state index contributed by atoms with van der Waals surface area (Å²) >= 11 is 6.00. The Labute approximate surface area is 107 Å². The molecule has 0 spiro atoms. The van der Waals surface area contributed by atoms with Gasteiger partial charge in [0, 0.05) is 19.0 Å². The van der Waals surface area contributed by atoms with E-state index in [-0.39, 0.29) is 12.6 Å². The quantitative estimate of drug-likeness (QED) is 0.840. The lowest BCUT2D eigenvalue weighted by Crippen LogP contribution is -2.42. The first-order chi connectivity index (χ1) is 8.24. The van der Waals surface area contributed by atoms with E-state index in [0.717, 1.165) is 37.4 Å². The highest BCUT2D eigenvalue weighted by molar-refractivity contribution is 6.29. The normalized spacial score (nSPS) is 20.6. The number of aryl methyl sites for hydroxylation is 1. The number of aliphatic hydroxyl groups is 1. The summed E-state index contributed by atoms with van der Waals surface area (Å²) in [6.45, 7) is 3.11. The monoisotopic (exact) mass is 255 g/mol. The Hall–Kier alpha value is -0.870. The van der Waals surface area contributed by atoms with Gasteiger partial charge in [-0.25, -0.2) is 9.97 Å². The van der Waals surface area contributed by atoms with Gasteiger partial charge in [-0.3, -0.25) is 0 Å². The van der Waals surface area contributed by atoms with Crippen LogP contribution < -0.4 is 4.90 Å². The minimum atomic E-state index is 0.166. The smallest absolute Gasteiger partial charge is 0.134 e. The van der Waals surface area contributed by atoms with Gasteiger partial charge in [0.2, 0.25) is 0 Å². The maximum absolute atomic E-state index is 9.40. The molecule has 0 amide bonds. The van der Waals surface area contributed by atoms with Crippen LogP contribution >= 0.6 is 11.6 Å². The molecule has 1 aromatic heterocycles. The summed E-state index contributed by atoms with van der Waals surface area (Å²) in [5.41, 5.74) is 0. The van der Waals surface area contributed by atoms with Gasteiger partial charge in [0.05, 0.1) is 12.6 Å². The van der Waals surface area contributed by atoms with Crippen molar-refractivity contribution in [1.29, 1.82) is 0 Å². The van der Waals surface area contributed by atoms with Crippen molar-refractivity contribution in [2.75, 3.05) is 18.1 Å². The molecule has 0 radical (unpaired) electrons. The van der Waals surface area contributed by atoms with Crippen LogP contribution in [-0.2, 0) is 6.42 Å². The number of nitrogens with zero attached hydrogens (tertiary/aromatic N) is 3. The van der Waals surface area contributed by atoms with E-state index in [1.54, 1.807) is 6.07 Å². The Morgan fingerprint density at radius 3 is 3.00 bits per heavy atom. The van der Waals surface area contributed by atoms with E-state index < -0.39 is 0 Å². The zero-order chi connectivity index (χ0) is 12.3. The van der Waals surface area contributed by atoms with Gasteiger partial charge in [-0.2, -0.15) is 0 Å². The number of aromatic nitrogens is 2. The van der Waals surface area contributed by atoms with Gasteiger partial charge in [0.25, 0.3) is 0 Å². The van der Waals surface area contributed by atoms with E-state index >= 15 is 0 Å². The Morgan fingerprint density at radius 1 is 1.47 bits per heavy atom. The molecule has 0 aliphatic carbocycles. The molecule has 2 rings (SSSR count). The Morgan fingerprint density at radius 2 is 2.29 bits per heavy atom. The first-order valence-electron chi connectivity index (χ1n) is 6.15. The van der Waals surface area contributed by atoms with Crippen LogP contribution in [0, 0.1) is 0 Å². The number of hydrogen-bond donors (Lipinski definition) is 1. The van der Waals surface area contributed by atoms with E-state index in [9.17, 15) is 5.11 Å². The second-order valence-corrected chi connectivity index (χ2v) is 4.73. The third-order valence-electron chi connectivity index (χ3n) is 3.18. The van der Waals surface area contributed by atoms with Crippen LogP contribution in [-0.4, -0.2) is 34.3 Å². The largest absolute Gasteiger partial charge is 0.394 e. The first kappa shape index (κ1) is 12.6. The molecule has 1 aliphatic heterocycles. The molecular formula is C12H18ClN3O. The molecule has 0 saturated carbocycles. The maximum Gasteiger partial charge on any atom is 0.134 e. The van der Waals surface area contributed by atoms with Crippen LogP contribution in [0.15, 0.2) is 6.07 Å². The second-order valence-electron chi connectivity index (χ2n) is 4.34. The molecular weight excluding hydrogens is 238 g/mol. The van der Waals surface area contributed by atoms with E-state index in [4.69, 9.17) is 11.6 Å². The molecule has 0 aromatic carbocycles. The molecule has 17 heavy (non-hydrogen) atoms. The SMILES string of the molecule is CCc1nc(Cl)cc(N2CCCCC2CO)n1. The van der Waals surface area contributed by atoms with Crippen molar-refractivity contribution in [3.8, 4) is 0 Å². The lowest BCUT2D eigenvalue weighted by atomic mass is 10.0.